The Kier molecular flexibility index (Phi) is 6.98. The van der Waals surface area contributed by atoms with Gasteiger partial charge in [0.25, 0.3) is 5.56 Å². The van der Waals surface area contributed by atoms with Crippen LogP contribution < -0.4 is 16.2 Å². The van der Waals surface area contributed by atoms with E-state index in [-0.39, 0.29) is 36.3 Å². The van der Waals surface area contributed by atoms with E-state index >= 15 is 0 Å². The van der Waals surface area contributed by atoms with E-state index in [1.807, 2.05) is 6.07 Å². The number of rotatable bonds is 4. The first-order valence-electron chi connectivity index (χ1n) is 8.19. The van der Waals surface area contributed by atoms with E-state index < -0.39 is 0 Å². The highest BCUT2D eigenvalue weighted by molar-refractivity contribution is 9.10. The van der Waals surface area contributed by atoms with Gasteiger partial charge in [-0.05, 0) is 43.6 Å². The molecule has 0 aliphatic carbocycles. The molecule has 136 valence electrons. The number of fused-ring (bicyclic) bond motifs is 1. The van der Waals surface area contributed by atoms with Crippen LogP contribution in [0.15, 0.2) is 33.8 Å². The van der Waals surface area contributed by atoms with Crippen LogP contribution in [0.1, 0.15) is 19.8 Å². The summed E-state index contributed by atoms with van der Waals surface area (Å²) in [4.78, 5) is 29.0. The molecule has 2 heterocycles. The second kappa shape index (κ2) is 8.78. The number of carbonyl (C=O) groups excluding carboxylic acids is 1. The van der Waals surface area contributed by atoms with Crippen molar-refractivity contribution < 1.29 is 4.79 Å². The highest BCUT2D eigenvalue weighted by atomic mass is 79.9. The van der Waals surface area contributed by atoms with Crippen molar-refractivity contribution in [3.8, 4) is 0 Å². The molecule has 1 aromatic carbocycles. The molecule has 0 spiro atoms. The van der Waals surface area contributed by atoms with Crippen molar-refractivity contribution in [2.45, 2.75) is 32.4 Å². The number of benzene rings is 1. The van der Waals surface area contributed by atoms with Crippen LogP contribution in [-0.4, -0.2) is 34.6 Å². The molecule has 1 saturated heterocycles. The molecule has 1 amide bonds. The lowest BCUT2D eigenvalue weighted by Gasteiger charge is -2.30. The van der Waals surface area contributed by atoms with Crippen molar-refractivity contribution in [3.05, 3.63) is 39.4 Å². The molecule has 1 aliphatic rings. The Balaban J connectivity index is 0.00000225. The number of aromatic nitrogens is 2. The monoisotopic (exact) mass is 428 g/mol. The van der Waals surface area contributed by atoms with Crippen molar-refractivity contribution in [2.24, 2.45) is 5.92 Å². The van der Waals surface area contributed by atoms with Crippen molar-refractivity contribution in [2.75, 3.05) is 13.1 Å². The van der Waals surface area contributed by atoms with Gasteiger partial charge in [-0.2, -0.15) is 0 Å². The predicted molar refractivity (Wildman–Crippen MR) is 104 cm³/mol. The van der Waals surface area contributed by atoms with Crippen molar-refractivity contribution >= 4 is 45.1 Å². The largest absolute Gasteiger partial charge is 0.353 e. The summed E-state index contributed by atoms with van der Waals surface area (Å²) in [6.07, 6.45) is 2.73. The lowest BCUT2D eigenvalue weighted by Crippen LogP contribution is -2.48. The minimum Gasteiger partial charge on any atom is -0.353 e. The standard InChI is InChI=1S/C17H21BrN4O2.ClH/c1-11-9-19-6-4-14(11)21-16(23)5-7-22-10-20-15-3-2-12(18)8-13(15)17(22)24;/h2-3,8,10-11,14,19H,4-7,9H2,1H3,(H,21,23);1H. The maximum absolute atomic E-state index is 12.5. The summed E-state index contributed by atoms with van der Waals surface area (Å²) >= 11 is 3.37. The molecule has 2 aromatic rings. The Labute approximate surface area is 160 Å². The normalized spacial score (nSPS) is 20.1. The van der Waals surface area contributed by atoms with Crippen LogP contribution in [0.3, 0.4) is 0 Å². The van der Waals surface area contributed by atoms with E-state index in [0.717, 1.165) is 24.0 Å². The van der Waals surface area contributed by atoms with Gasteiger partial charge >= 0.3 is 0 Å². The van der Waals surface area contributed by atoms with E-state index in [1.165, 1.54) is 10.9 Å². The van der Waals surface area contributed by atoms with Gasteiger partial charge in [0.1, 0.15) is 0 Å². The zero-order chi connectivity index (χ0) is 17.1. The van der Waals surface area contributed by atoms with E-state index in [2.05, 4.69) is 38.5 Å². The van der Waals surface area contributed by atoms with Crippen LogP contribution in [-0.2, 0) is 11.3 Å². The first-order chi connectivity index (χ1) is 11.5. The van der Waals surface area contributed by atoms with Gasteiger partial charge in [0.05, 0.1) is 17.2 Å². The van der Waals surface area contributed by atoms with Crippen LogP contribution in [0.5, 0.6) is 0 Å². The second-order valence-corrected chi connectivity index (χ2v) is 7.21. The Morgan fingerprint density at radius 1 is 1.48 bits per heavy atom. The third-order valence-electron chi connectivity index (χ3n) is 4.50. The van der Waals surface area contributed by atoms with Crippen LogP contribution in [0.25, 0.3) is 10.9 Å². The average Bonchev–Trinajstić information content (AvgIpc) is 2.57. The summed E-state index contributed by atoms with van der Waals surface area (Å²) in [6.45, 7) is 4.32. The molecule has 6 nitrogen and oxygen atoms in total. The molecular formula is C17H22BrClN4O2. The van der Waals surface area contributed by atoms with Crippen molar-refractivity contribution in [1.29, 1.82) is 0 Å². The van der Waals surface area contributed by atoms with Gasteiger partial charge < -0.3 is 10.6 Å². The van der Waals surface area contributed by atoms with E-state index in [1.54, 1.807) is 12.1 Å². The van der Waals surface area contributed by atoms with Crippen molar-refractivity contribution in [1.82, 2.24) is 20.2 Å². The summed E-state index contributed by atoms with van der Waals surface area (Å²) < 4.78 is 2.34. The fourth-order valence-electron chi connectivity index (χ4n) is 3.02. The van der Waals surface area contributed by atoms with E-state index in [9.17, 15) is 9.59 Å². The molecule has 2 N–H and O–H groups in total. The lowest BCUT2D eigenvalue weighted by molar-refractivity contribution is -0.122. The highest BCUT2D eigenvalue weighted by Gasteiger charge is 2.22. The molecule has 1 fully saturated rings. The molecule has 0 saturated carbocycles. The van der Waals surface area contributed by atoms with E-state index in [4.69, 9.17) is 0 Å². The quantitative estimate of drug-likeness (QED) is 0.780. The molecule has 3 rings (SSSR count). The summed E-state index contributed by atoms with van der Waals surface area (Å²) in [5, 5.41) is 6.95. The third-order valence-corrected chi connectivity index (χ3v) is 4.99. The fraction of sp³-hybridized carbons (Fsp3) is 0.471. The zero-order valence-corrected chi connectivity index (χ0v) is 16.4. The third kappa shape index (κ3) is 4.80. The SMILES string of the molecule is CC1CNCCC1NC(=O)CCn1cnc2ccc(Br)cc2c1=O.Cl. The van der Waals surface area contributed by atoms with Crippen LogP contribution in [0.4, 0.5) is 0 Å². The van der Waals surface area contributed by atoms with Gasteiger partial charge in [0.15, 0.2) is 0 Å². The Hall–Kier alpha value is -1.44. The average molecular weight is 430 g/mol. The lowest BCUT2D eigenvalue weighted by atomic mass is 9.95. The molecule has 1 aromatic heterocycles. The molecule has 2 atom stereocenters. The van der Waals surface area contributed by atoms with Gasteiger partial charge in [-0.1, -0.05) is 22.9 Å². The summed E-state index contributed by atoms with van der Waals surface area (Å²) in [5.41, 5.74) is 0.539. The fourth-order valence-corrected chi connectivity index (χ4v) is 3.38. The molecule has 2 unspecified atom stereocenters. The number of halogens is 2. The maximum Gasteiger partial charge on any atom is 0.261 e. The summed E-state index contributed by atoms with van der Waals surface area (Å²) in [7, 11) is 0. The molecule has 0 bridgehead atoms. The molecule has 0 radical (unpaired) electrons. The topological polar surface area (TPSA) is 76.0 Å². The number of amides is 1. The number of aryl methyl sites for hydroxylation is 1. The molecule has 25 heavy (non-hydrogen) atoms. The Bertz CT molecular complexity index is 811. The number of hydrogen-bond acceptors (Lipinski definition) is 4. The Morgan fingerprint density at radius 3 is 3.04 bits per heavy atom. The van der Waals surface area contributed by atoms with Gasteiger partial charge in [-0.3, -0.25) is 14.2 Å². The number of nitrogens with zero attached hydrogens (tertiary/aromatic N) is 2. The smallest absolute Gasteiger partial charge is 0.261 e. The Morgan fingerprint density at radius 2 is 2.28 bits per heavy atom. The molecule has 1 aliphatic heterocycles. The van der Waals surface area contributed by atoms with Gasteiger partial charge in [0, 0.05) is 23.5 Å². The summed E-state index contributed by atoms with van der Waals surface area (Å²) in [6, 6.07) is 5.63. The minimum atomic E-state index is -0.121. The van der Waals surface area contributed by atoms with Crippen LogP contribution in [0.2, 0.25) is 0 Å². The van der Waals surface area contributed by atoms with E-state index in [0.29, 0.717) is 23.4 Å². The zero-order valence-electron chi connectivity index (χ0n) is 14.0. The number of hydrogen-bond donors (Lipinski definition) is 2. The number of piperidine rings is 1. The summed E-state index contributed by atoms with van der Waals surface area (Å²) in [5.74, 6) is 0.403. The molecular weight excluding hydrogens is 408 g/mol. The highest BCUT2D eigenvalue weighted by Crippen LogP contribution is 2.15. The second-order valence-electron chi connectivity index (χ2n) is 6.30. The van der Waals surface area contributed by atoms with Crippen LogP contribution in [0, 0.1) is 5.92 Å². The molecule has 8 heteroatoms. The first-order valence-corrected chi connectivity index (χ1v) is 8.98. The van der Waals surface area contributed by atoms with Crippen molar-refractivity contribution in [3.63, 3.8) is 0 Å². The number of carbonyl (C=O) groups is 1. The first kappa shape index (κ1) is 19.9. The van der Waals surface area contributed by atoms with Gasteiger partial charge in [-0.15, -0.1) is 12.4 Å². The van der Waals surface area contributed by atoms with Gasteiger partial charge in [-0.25, -0.2) is 4.98 Å². The predicted octanol–water partition coefficient (Wildman–Crippen LogP) is 2.09. The number of nitrogens with one attached hydrogen (secondary N) is 2. The van der Waals surface area contributed by atoms with Gasteiger partial charge in [0.2, 0.25) is 5.91 Å². The maximum atomic E-state index is 12.5. The van der Waals surface area contributed by atoms with Crippen LogP contribution >= 0.6 is 28.3 Å². The minimum absolute atomic E-state index is 0.